The molecule has 1 nitrogen and oxygen atoms in total. The third-order valence-corrected chi connectivity index (χ3v) is 4.36. The predicted molar refractivity (Wildman–Crippen MR) is 73.3 cm³/mol. The number of aromatic nitrogens is 1. The molecule has 0 saturated heterocycles. The first-order valence-electron chi connectivity index (χ1n) is 5.14. The summed E-state index contributed by atoms with van der Waals surface area (Å²) < 4.78 is 0.129. The van der Waals surface area contributed by atoms with Crippen molar-refractivity contribution in [3.8, 4) is 0 Å². The Balaban J connectivity index is 2.59. The summed E-state index contributed by atoms with van der Waals surface area (Å²) in [6.45, 7) is 4.45. The Bertz CT molecular complexity index is 522. The molecule has 0 aliphatic heterocycles. The maximum absolute atomic E-state index is 5.90. The van der Waals surface area contributed by atoms with Crippen LogP contribution < -0.4 is 0 Å². The molecule has 0 atom stereocenters. The molecule has 84 valence electrons. The van der Waals surface area contributed by atoms with Gasteiger partial charge in [0, 0.05) is 16.3 Å². The van der Waals surface area contributed by atoms with Crippen molar-refractivity contribution in [1.82, 2.24) is 4.98 Å². The molecular weight excluding hydrogens is 238 g/mol. The quantitative estimate of drug-likeness (QED) is 0.730. The first kappa shape index (κ1) is 11.7. The minimum Gasteiger partial charge on any atom is -0.244 e. The summed E-state index contributed by atoms with van der Waals surface area (Å²) in [5, 5.41) is 2.83. The van der Waals surface area contributed by atoms with Gasteiger partial charge < -0.3 is 0 Å². The van der Waals surface area contributed by atoms with Crippen LogP contribution in [0.5, 0.6) is 0 Å². The minimum absolute atomic E-state index is 0.129. The van der Waals surface area contributed by atoms with E-state index in [0.717, 1.165) is 10.8 Å². The van der Waals surface area contributed by atoms with Gasteiger partial charge in [-0.05, 0) is 43.2 Å². The number of fused-ring (bicyclic) bond motifs is 1. The van der Waals surface area contributed by atoms with Gasteiger partial charge in [0.2, 0.25) is 0 Å². The number of hydrogen-bond donors (Lipinski definition) is 0. The van der Waals surface area contributed by atoms with Crippen molar-refractivity contribution in [1.29, 1.82) is 0 Å². The first-order valence-corrected chi connectivity index (χ1v) is 6.74. The standard InChI is InChI=1S/C13H14ClNS/c1-13(2,16-3)11-5-4-9-8-15-12(14)7-10(9)6-11/h4-8H,1-3H3. The molecule has 1 heterocycles. The topological polar surface area (TPSA) is 12.9 Å². The van der Waals surface area contributed by atoms with Gasteiger partial charge in [-0.3, -0.25) is 0 Å². The maximum atomic E-state index is 5.90. The molecule has 16 heavy (non-hydrogen) atoms. The van der Waals surface area contributed by atoms with Gasteiger partial charge in [0.05, 0.1) is 0 Å². The molecule has 0 bridgehead atoms. The Morgan fingerprint density at radius 3 is 2.62 bits per heavy atom. The molecule has 0 N–H and O–H groups in total. The zero-order valence-electron chi connectivity index (χ0n) is 9.62. The third-order valence-electron chi connectivity index (χ3n) is 2.89. The number of thioether (sulfide) groups is 1. The largest absolute Gasteiger partial charge is 0.244 e. The molecular formula is C13H14ClNS. The van der Waals surface area contributed by atoms with Gasteiger partial charge in [0.25, 0.3) is 0 Å². The summed E-state index contributed by atoms with van der Waals surface area (Å²) in [7, 11) is 0. The van der Waals surface area contributed by atoms with Crippen molar-refractivity contribution in [2.24, 2.45) is 0 Å². The molecule has 2 aromatic rings. The number of nitrogens with zero attached hydrogens (tertiary/aromatic N) is 1. The number of rotatable bonds is 2. The molecule has 1 aromatic heterocycles. The summed E-state index contributed by atoms with van der Waals surface area (Å²) in [4.78, 5) is 4.08. The van der Waals surface area contributed by atoms with Crippen LogP contribution >= 0.6 is 23.4 Å². The monoisotopic (exact) mass is 251 g/mol. The van der Waals surface area contributed by atoms with Gasteiger partial charge in [0.15, 0.2) is 0 Å². The average molecular weight is 252 g/mol. The van der Waals surface area contributed by atoms with E-state index in [2.05, 4.69) is 43.3 Å². The average Bonchev–Trinajstić information content (AvgIpc) is 2.28. The molecule has 2 rings (SSSR count). The van der Waals surface area contributed by atoms with E-state index in [9.17, 15) is 0 Å². The fourth-order valence-corrected chi connectivity index (χ4v) is 2.14. The molecule has 0 spiro atoms. The second-order valence-corrected chi connectivity index (χ2v) is 6.10. The fourth-order valence-electron chi connectivity index (χ4n) is 1.61. The van der Waals surface area contributed by atoms with E-state index < -0.39 is 0 Å². The summed E-state index contributed by atoms with van der Waals surface area (Å²) in [5.41, 5.74) is 1.31. The minimum atomic E-state index is 0.129. The highest BCUT2D eigenvalue weighted by Crippen LogP contribution is 2.35. The van der Waals surface area contributed by atoms with Gasteiger partial charge in [-0.15, -0.1) is 0 Å². The Kier molecular flexibility index (Phi) is 3.13. The molecule has 0 amide bonds. The lowest BCUT2D eigenvalue weighted by Gasteiger charge is -2.22. The lowest BCUT2D eigenvalue weighted by molar-refractivity contribution is 0.787. The molecule has 0 fully saturated rings. The van der Waals surface area contributed by atoms with E-state index in [1.165, 1.54) is 5.56 Å². The Morgan fingerprint density at radius 1 is 1.19 bits per heavy atom. The molecule has 1 aromatic carbocycles. The normalized spacial score (nSPS) is 12.0. The van der Waals surface area contributed by atoms with Crippen LogP contribution in [0.1, 0.15) is 19.4 Å². The summed E-state index contributed by atoms with van der Waals surface area (Å²) in [6, 6.07) is 8.37. The second-order valence-electron chi connectivity index (χ2n) is 4.28. The molecule has 0 aliphatic rings. The molecule has 3 heteroatoms. The van der Waals surface area contributed by atoms with Crippen LogP contribution in [0.15, 0.2) is 30.5 Å². The fraction of sp³-hybridized carbons (Fsp3) is 0.308. The second kappa shape index (κ2) is 4.27. The third kappa shape index (κ3) is 2.18. The van der Waals surface area contributed by atoms with Crippen LogP contribution in [-0.4, -0.2) is 11.2 Å². The van der Waals surface area contributed by atoms with E-state index in [0.29, 0.717) is 5.15 Å². The molecule has 0 aliphatic carbocycles. The molecule has 0 saturated carbocycles. The highest BCUT2D eigenvalue weighted by atomic mass is 35.5. The summed E-state index contributed by atoms with van der Waals surface area (Å²) in [6.07, 6.45) is 3.94. The van der Waals surface area contributed by atoms with Crippen molar-refractivity contribution in [2.45, 2.75) is 18.6 Å². The molecule has 0 radical (unpaired) electrons. The molecule has 0 unspecified atom stereocenters. The highest BCUT2D eigenvalue weighted by Gasteiger charge is 2.18. The Labute approximate surface area is 105 Å². The van der Waals surface area contributed by atoms with Crippen molar-refractivity contribution in [3.05, 3.63) is 41.2 Å². The van der Waals surface area contributed by atoms with Crippen LogP contribution in [0, 0.1) is 0 Å². The van der Waals surface area contributed by atoms with E-state index in [4.69, 9.17) is 11.6 Å². The van der Waals surface area contributed by atoms with Crippen LogP contribution in [0.25, 0.3) is 10.8 Å². The van der Waals surface area contributed by atoms with E-state index in [1.807, 2.05) is 24.0 Å². The Morgan fingerprint density at radius 2 is 1.94 bits per heavy atom. The first-order chi connectivity index (χ1) is 7.53. The van der Waals surface area contributed by atoms with Gasteiger partial charge in [-0.2, -0.15) is 11.8 Å². The van der Waals surface area contributed by atoms with Crippen molar-refractivity contribution in [2.75, 3.05) is 6.26 Å². The number of halogens is 1. The van der Waals surface area contributed by atoms with E-state index in [-0.39, 0.29) is 4.75 Å². The van der Waals surface area contributed by atoms with Crippen LogP contribution in [0.4, 0.5) is 0 Å². The number of pyridine rings is 1. The zero-order valence-corrected chi connectivity index (χ0v) is 11.2. The number of hydrogen-bond acceptors (Lipinski definition) is 2. The lowest BCUT2D eigenvalue weighted by Crippen LogP contribution is -2.10. The lowest BCUT2D eigenvalue weighted by atomic mass is 9.99. The van der Waals surface area contributed by atoms with Crippen molar-refractivity contribution < 1.29 is 0 Å². The smallest absolute Gasteiger partial charge is 0.129 e. The van der Waals surface area contributed by atoms with E-state index in [1.54, 1.807) is 0 Å². The maximum Gasteiger partial charge on any atom is 0.129 e. The van der Waals surface area contributed by atoms with Crippen LogP contribution in [-0.2, 0) is 4.75 Å². The van der Waals surface area contributed by atoms with E-state index >= 15 is 0 Å². The Hall–Kier alpha value is -0.730. The van der Waals surface area contributed by atoms with Crippen LogP contribution in [0.3, 0.4) is 0 Å². The van der Waals surface area contributed by atoms with Gasteiger partial charge >= 0.3 is 0 Å². The van der Waals surface area contributed by atoms with Gasteiger partial charge in [-0.1, -0.05) is 23.7 Å². The van der Waals surface area contributed by atoms with Crippen molar-refractivity contribution >= 4 is 34.1 Å². The summed E-state index contributed by atoms with van der Waals surface area (Å²) >= 11 is 7.75. The van der Waals surface area contributed by atoms with Crippen LogP contribution in [0.2, 0.25) is 5.15 Å². The summed E-state index contributed by atoms with van der Waals surface area (Å²) in [5.74, 6) is 0. The van der Waals surface area contributed by atoms with Crippen molar-refractivity contribution in [3.63, 3.8) is 0 Å². The number of benzene rings is 1. The zero-order chi connectivity index (χ0) is 11.8. The predicted octanol–water partition coefficient (Wildman–Crippen LogP) is 4.49. The SMILES string of the molecule is CSC(C)(C)c1ccc2cnc(Cl)cc2c1. The van der Waals surface area contributed by atoms with Gasteiger partial charge in [0.1, 0.15) is 5.15 Å². The van der Waals surface area contributed by atoms with Gasteiger partial charge in [-0.25, -0.2) is 4.98 Å². The highest BCUT2D eigenvalue weighted by molar-refractivity contribution is 7.99.